The summed E-state index contributed by atoms with van der Waals surface area (Å²) in [5.41, 5.74) is 6.83. The first kappa shape index (κ1) is 15.3. The summed E-state index contributed by atoms with van der Waals surface area (Å²) in [7, 11) is 0. The van der Waals surface area contributed by atoms with Gasteiger partial charge in [0, 0.05) is 12.1 Å². The van der Waals surface area contributed by atoms with E-state index >= 15 is 0 Å². The number of nitrogens with one attached hydrogen (secondary N) is 1. The van der Waals surface area contributed by atoms with E-state index in [4.69, 9.17) is 5.73 Å². The smallest absolute Gasteiger partial charge is 0.0304 e. The molecule has 2 rings (SSSR count). The zero-order valence-corrected chi connectivity index (χ0v) is 13.3. The second-order valence-electron chi connectivity index (χ2n) is 8.14. The largest absolute Gasteiger partial charge is 0.329 e. The maximum absolute atomic E-state index is 6.13. The lowest BCUT2D eigenvalue weighted by Crippen LogP contribution is -2.51. The molecule has 112 valence electrons. The van der Waals surface area contributed by atoms with E-state index in [0.717, 1.165) is 18.4 Å². The van der Waals surface area contributed by atoms with Gasteiger partial charge in [-0.2, -0.15) is 0 Å². The molecule has 0 aromatic heterocycles. The first-order valence-electron chi connectivity index (χ1n) is 8.40. The molecule has 0 aromatic rings. The summed E-state index contributed by atoms with van der Waals surface area (Å²) in [6, 6.07) is 0. The second-order valence-corrected chi connectivity index (χ2v) is 8.14. The number of nitrogens with two attached hydrogens (primary N) is 1. The zero-order valence-electron chi connectivity index (χ0n) is 13.3. The van der Waals surface area contributed by atoms with Gasteiger partial charge in [-0.1, -0.05) is 40.0 Å². The van der Waals surface area contributed by atoms with Crippen molar-refractivity contribution in [1.82, 2.24) is 5.32 Å². The third kappa shape index (κ3) is 4.46. The highest BCUT2D eigenvalue weighted by molar-refractivity contribution is 4.94. The van der Waals surface area contributed by atoms with Crippen molar-refractivity contribution in [3.8, 4) is 0 Å². The van der Waals surface area contributed by atoms with Crippen molar-refractivity contribution in [3.63, 3.8) is 0 Å². The zero-order chi connectivity index (χ0) is 13.9. The second kappa shape index (κ2) is 6.13. The summed E-state index contributed by atoms with van der Waals surface area (Å²) >= 11 is 0. The average molecular weight is 266 g/mol. The van der Waals surface area contributed by atoms with Crippen molar-refractivity contribution in [2.24, 2.45) is 23.0 Å². The van der Waals surface area contributed by atoms with E-state index in [-0.39, 0.29) is 5.54 Å². The van der Waals surface area contributed by atoms with E-state index in [1.54, 1.807) is 0 Å². The summed E-state index contributed by atoms with van der Waals surface area (Å²) in [6.45, 7) is 9.19. The molecule has 3 N–H and O–H groups in total. The van der Waals surface area contributed by atoms with Crippen molar-refractivity contribution in [1.29, 1.82) is 0 Å². The number of rotatable bonds is 5. The van der Waals surface area contributed by atoms with Crippen LogP contribution in [-0.2, 0) is 0 Å². The van der Waals surface area contributed by atoms with Crippen molar-refractivity contribution in [3.05, 3.63) is 0 Å². The van der Waals surface area contributed by atoms with Crippen LogP contribution in [-0.4, -0.2) is 18.6 Å². The Bertz CT molecular complexity index is 277. The molecular formula is C17H34N2. The minimum absolute atomic E-state index is 0.245. The van der Waals surface area contributed by atoms with Gasteiger partial charge in [0.25, 0.3) is 0 Å². The van der Waals surface area contributed by atoms with E-state index in [0.29, 0.717) is 5.41 Å². The van der Waals surface area contributed by atoms with Crippen LogP contribution in [0, 0.1) is 17.3 Å². The van der Waals surface area contributed by atoms with Crippen LogP contribution >= 0.6 is 0 Å². The molecule has 0 aromatic carbocycles. The molecule has 2 fully saturated rings. The normalized spacial score (nSPS) is 33.2. The van der Waals surface area contributed by atoms with E-state index in [2.05, 4.69) is 26.1 Å². The van der Waals surface area contributed by atoms with Crippen LogP contribution in [0.4, 0.5) is 0 Å². The van der Waals surface area contributed by atoms with Gasteiger partial charge >= 0.3 is 0 Å². The highest BCUT2D eigenvalue weighted by atomic mass is 15.0. The minimum atomic E-state index is 0.245. The van der Waals surface area contributed by atoms with Gasteiger partial charge in [-0.25, -0.2) is 0 Å². The highest BCUT2D eigenvalue weighted by Gasteiger charge is 2.35. The van der Waals surface area contributed by atoms with Gasteiger partial charge in [-0.3, -0.25) is 0 Å². The van der Waals surface area contributed by atoms with Crippen LogP contribution in [0.15, 0.2) is 0 Å². The van der Waals surface area contributed by atoms with Crippen molar-refractivity contribution < 1.29 is 0 Å². The molecule has 0 aliphatic heterocycles. The van der Waals surface area contributed by atoms with Gasteiger partial charge in [-0.15, -0.1) is 0 Å². The fourth-order valence-corrected chi connectivity index (χ4v) is 3.67. The Kier molecular flexibility index (Phi) is 4.94. The molecule has 0 saturated heterocycles. The molecule has 2 saturated carbocycles. The van der Waals surface area contributed by atoms with Crippen LogP contribution < -0.4 is 11.1 Å². The van der Waals surface area contributed by atoms with E-state index in [1.807, 2.05) is 0 Å². The summed E-state index contributed by atoms with van der Waals surface area (Å²) in [5.74, 6) is 1.89. The first-order chi connectivity index (χ1) is 8.95. The maximum atomic E-state index is 6.13. The van der Waals surface area contributed by atoms with E-state index < -0.39 is 0 Å². The molecule has 2 atom stereocenters. The molecule has 0 amide bonds. The topological polar surface area (TPSA) is 38.0 Å². The Labute approximate surface area is 119 Å². The summed E-state index contributed by atoms with van der Waals surface area (Å²) < 4.78 is 0. The Morgan fingerprint density at radius 2 is 1.84 bits per heavy atom. The van der Waals surface area contributed by atoms with Gasteiger partial charge in [0.15, 0.2) is 0 Å². The molecule has 2 aliphatic carbocycles. The summed E-state index contributed by atoms with van der Waals surface area (Å²) in [6.07, 6.45) is 10.9. The first-order valence-corrected chi connectivity index (χ1v) is 8.40. The predicted molar refractivity (Wildman–Crippen MR) is 83.2 cm³/mol. The van der Waals surface area contributed by atoms with Crippen LogP contribution in [0.2, 0.25) is 0 Å². The van der Waals surface area contributed by atoms with E-state index in [9.17, 15) is 0 Å². The van der Waals surface area contributed by atoms with Crippen LogP contribution in [0.5, 0.6) is 0 Å². The standard InChI is InChI=1S/C17H34N2/c1-16(2,3)15-5-4-10-17(13-18,11-8-15)19-12-9-14-6-7-14/h14-15,19H,4-13,18H2,1-3H3. The van der Waals surface area contributed by atoms with Gasteiger partial charge in [0.2, 0.25) is 0 Å². The molecule has 2 aliphatic rings. The number of hydrogen-bond donors (Lipinski definition) is 2. The highest BCUT2D eigenvalue weighted by Crippen LogP contribution is 2.39. The van der Waals surface area contributed by atoms with Gasteiger partial charge in [0.05, 0.1) is 0 Å². The van der Waals surface area contributed by atoms with Crippen LogP contribution in [0.25, 0.3) is 0 Å². The molecule has 0 spiro atoms. The molecule has 19 heavy (non-hydrogen) atoms. The monoisotopic (exact) mass is 266 g/mol. The molecule has 0 heterocycles. The third-order valence-corrected chi connectivity index (χ3v) is 5.54. The maximum Gasteiger partial charge on any atom is 0.0304 e. The predicted octanol–water partition coefficient (Wildman–Crippen LogP) is 3.70. The van der Waals surface area contributed by atoms with Crippen LogP contribution in [0.3, 0.4) is 0 Å². The van der Waals surface area contributed by atoms with Crippen molar-refractivity contribution >= 4 is 0 Å². The number of hydrogen-bond acceptors (Lipinski definition) is 2. The Morgan fingerprint density at radius 3 is 2.42 bits per heavy atom. The van der Waals surface area contributed by atoms with Crippen molar-refractivity contribution in [2.75, 3.05) is 13.1 Å². The summed E-state index contributed by atoms with van der Waals surface area (Å²) in [5, 5.41) is 3.84. The fraction of sp³-hybridized carbons (Fsp3) is 1.00. The molecular weight excluding hydrogens is 232 g/mol. The van der Waals surface area contributed by atoms with E-state index in [1.165, 1.54) is 57.9 Å². The quantitative estimate of drug-likeness (QED) is 0.745. The van der Waals surface area contributed by atoms with Gasteiger partial charge in [0.1, 0.15) is 0 Å². The minimum Gasteiger partial charge on any atom is -0.329 e. The molecule has 2 nitrogen and oxygen atoms in total. The lowest BCUT2D eigenvalue weighted by Gasteiger charge is -2.34. The fourth-order valence-electron chi connectivity index (χ4n) is 3.67. The molecule has 2 heteroatoms. The molecule has 0 radical (unpaired) electrons. The van der Waals surface area contributed by atoms with Crippen LogP contribution in [0.1, 0.15) is 72.1 Å². The van der Waals surface area contributed by atoms with Gasteiger partial charge < -0.3 is 11.1 Å². The summed E-state index contributed by atoms with van der Waals surface area (Å²) in [4.78, 5) is 0. The lowest BCUT2D eigenvalue weighted by atomic mass is 9.76. The SMILES string of the molecule is CC(C)(C)C1CCCC(CN)(NCCC2CC2)CC1. The Hall–Kier alpha value is -0.0800. The third-order valence-electron chi connectivity index (χ3n) is 5.54. The average Bonchev–Trinajstić information content (AvgIpc) is 3.14. The molecule has 0 bridgehead atoms. The van der Waals surface area contributed by atoms with Gasteiger partial charge in [-0.05, 0) is 55.9 Å². The lowest BCUT2D eigenvalue weighted by molar-refractivity contribution is 0.206. The van der Waals surface area contributed by atoms with Crippen molar-refractivity contribution in [2.45, 2.75) is 77.7 Å². The Morgan fingerprint density at radius 1 is 1.11 bits per heavy atom. The Balaban J connectivity index is 1.85. The molecule has 2 unspecified atom stereocenters.